The highest BCUT2D eigenvalue weighted by Crippen LogP contribution is 2.35. The monoisotopic (exact) mass is 305 g/mol. The minimum atomic E-state index is -0.213. The van der Waals surface area contributed by atoms with Crippen LogP contribution in [0, 0.1) is 0 Å². The fourth-order valence-corrected chi connectivity index (χ4v) is 3.37. The number of fused-ring (bicyclic) bond motifs is 1. The Balaban J connectivity index is 1.49. The molecule has 0 spiro atoms. The number of hydrogen-bond donors (Lipinski definition) is 0. The zero-order chi connectivity index (χ0) is 15.6. The number of benzene rings is 2. The molecule has 2 heterocycles. The molecule has 3 nitrogen and oxygen atoms in total. The van der Waals surface area contributed by atoms with Gasteiger partial charge in [0.05, 0.1) is 5.56 Å². The second kappa shape index (κ2) is 6.01. The highest BCUT2D eigenvalue weighted by Gasteiger charge is 2.29. The first-order chi connectivity index (χ1) is 11.3. The summed E-state index contributed by atoms with van der Waals surface area (Å²) >= 11 is 0. The van der Waals surface area contributed by atoms with Gasteiger partial charge in [0.1, 0.15) is 5.76 Å². The molecule has 2 aliphatic rings. The molecule has 0 N–H and O–H groups in total. The van der Waals surface area contributed by atoms with Crippen LogP contribution in [-0.4, -0.2) is 24.0 Å². The summed E-state index contributed by atoms with van der Waals surface area (Å²) in [5, 5.41) is 0. The smallest absolute Gasteiger partial charge is 0.344 e. The van der Waals surface area contributed by atoms with E-state index in [2.05, 4.69) is 29.2 Å². The minimum Gasteiger partial charge on any atom is -0.422 e. The van der Waals surface area contributed by atoms with Crippen LogP contribution in [-0.2, 0) is 11.3 Å². The molecule has 4 rings (SSSR count). The zero-order valence-electron chi connectivity index (χ0n) is 13.0. The molecule has 23 heavy (non-hydrogen) atoms. The Kier molecular flexibility index (Phi) is 3.72. The Morgan fingerprint density at radius 2 is 1.52 bits per heavy atom. The summed E-state index contributed by atoms with van der Waals surface area (Å²) in [5.74, 6) is 0.597. The number of likely N-dealkylation sites (tertiary alicyclic amines) is 1. The van der Waals surface area contributed by atoms with Crippen LogP contribution in [0.3, 0.4) is 0 Å². The molecule has 0 radical (unpaired) electrons. The van der Waals surface area contributed by atoms with E-state index < -0.39 is 0 Å². The third kappa shape index (κ3) is 2.80. The van der Waals surface area contributed by atoms with Gasteiger partial charge in [0, 0.05) is 25.2 Å². The summed E-state index contributed by atoms with van der Waals surface area (Å²) in [5.41, 5.74) is 4.28. The standard InChI is InChI=1S/C20H19NO2/c22-20-18-9-5-4-8-17(18)19(23-20)16-10-12-21(13-11-16)14-15-6-2-1-3-7-15/h1-9H,10-14H2. The van der Waals surface area contributed by atoms with E-state index >= 15 is 0 Å². The highest BCUT2D eigenvalue weighted by molar-refractivity contribution is 6.03. The Hall–Kier alpha value is -2.39. The van der Waals surface area contributed by atoms with Crippen molar-refractivity contribution in [3.63, 3.8) is 0 Å². The van der Waals surface area contributed by atoms with Crippen LogP contribution in [0.4, 0.5) is 0 Å². The predicted molar refractivity (Wildman–Crippen MR) is 89.7 cm³/mol. The number of carbonyl (C=O) groups is 1. The van der Waals surface area contributed by atoms with Crippen molar-refractivity contribution in [1.82, 2.24) is 4.90 Å². The maximum Gasteiger partial charge on any atom is 0.344 e. The quantitative estimate of drug-likeness (QED) is 0.789. The summed E-state index contributed by atoms with van der Waals surface area (Å²) in [4.78, 5) is 14.4. The zero-order valence-corrected chi connectivity index (χ0v) is 13.0. The van der Waals surface area contributed by atoms with E-state index in [0.717, 1.165) is 43.8 Å². The lowest BCUT2D eigenvalue weighted by Crippen LogP contribution is -2.30. The van der Waals surface area contributed by atoms with Gasteiger partial charge in [0.15, 0.2) is 0 Å². The average molecular weight is 305 g/mol. The van der Waals surface area contributed by atoms with E-state index in [1.54, 1.807) is 0 Å². The van der Waals surface area contributed by atoms with E-state index in [1.165, 1.54) is 11.1 Å². The molecule has 0 aromatic heterocycles. The molecule has 0 saturated carbocycles. The molecule has 0 unspecified atom stereocenters. The van der Waals surface area contributed by atoms with E-state index in [9.17, 15) is 4.79 Å². The van der Waals surface area contributed by atoms with Gasteiger partial charge in [-0.05, 0) is 30.0 Å². The second-order valence-electron chi connectivity index (χ2n) is 6.13. The first kappa shape index (κ1) is 14.2. The van der Waals surface area contributed by atoms with Gasteiger partial charge in [-0.3, -0.25) is 4.90 Å². The molecular weight excluding hydrogens is 286 g/mol. The molecular formula is C20H19NO2. The van der Waals surface area contributed by atoms with Gasteiger partial charge in [-0.2, -0.15) is 0 Å². The van der Waals surface area contributed by atoms with Crippen LogP contribution in [0.25, 0.3) is 5.76 Å². The van der Waals surface area contributed by atoms with Gasteiger partial charge < -0.3 is 4.74 Å². The van der Waals surface area contributed by atoms with Gasteiger partial charge in [-0.1, -0.05) is 48.5 Å². The molecule has 1 saturated heterocycles. The van der Waals surface area contributed by atoms with Crippen molar-refractivity contribution in [2.45, 2.75) is 19.4 Å². The van der Waals surface area contributed by atoms with Crippen molar-refractivity contribution in [3.05, 3.63) is 76.9 Å². The van der Waals surface area contributed by atoms with E-state index in [0.29, 0.717) is 5.56 Å². The third-order valence-corrected chi connectivity index (χ3v) is 4.62. The highest BCUT2D eigenvalue weighted by atomic mass is 16.5. The molecule has 3 heteroatoms. The summed E-state index contributed by atoms with van der Waals surface area (Å²) in [6, 6.07) is 18.2. The summed E-state index contributed by atoms with van der Waals surface area (Å²) in [6.07, 6.45) is 1.92. The summed E-state index contributed by atoms with van der Waals surface area (Å²) in [6.45, 7) is 3.00. The van der Waals surface area contributed by atoms with Crippen LogP contribution in [0.15, 0.2) is 60.2 Å². The number of ether oxygens (including phenoxy) is 1. The molecule has 116 valence electrons. The third-order valence-electron chi connectivity index (χ3n) is 4.62. The predicted octanol–water partition coefficient (Wildman–Crippen LogP) is 3.86. The second-order valence-corrected chi connectivity index (χ2v) is 6.13. The van der Waals surface area contributed by atoms with Gasteiger partial charge >= 0.3 is 5.97 Å². The van der Waals surface area contributed by atoms with Crippen LogP contribution in [0.5, 0.6) is 0 Å². The van der Waals surface area contributed by atoms with Crippen LogP contribution >= 0.6 is 0 Å². The van der Waals surface area contributed by atoms with Crippen LogP contribution in [0.1, 0.15) is 34.3 Å². The van der Waals surface area contributed by atoms with Crippen molar-refractivity contribution in [3.8, 4) is 0 Å². The first-order valence-corrected chi connectivity index (χ1v) is 8.11. The van der Waals surface area contributed by atoms with Crippen molar-refractivity contribution in [1.29, 1.82) is 0 Å². The number of rotatable bonds is 2. The van der Waals surface area contributed by atoms with E-state index in [4.69, 9.17) is 4.74 Å². The molecule has 2 aromatic carbocycles. The maximum atomic E-state index is 12.0. The fraction of sp³-hybridized carbons (Fsp3) is 0.250. The van der Waals surface area contributed by atoms with Gasteiger partial charge in [0.2, 0.25) is 0 Å². The number of cyclic esters (lactones) is 1. The topological polar surface area (TPSA) is 29.5 Å². The van der Waals surface area contributed by atoms with Crippen LogP contribution < -0.4 is 0 Å². The normalized spacial score (nSPS) is 18.0. The maximum absolute atomic E-state index is 12.0. The number of piperidine rings is 1. The Morgan fingerprint density at radius 3 is 2.26 bits per heavy atom. The molecule has 0 amide bonds. The Labute approximate surface area is 136 Å². The number of nitrogens with zero attached hydrogens (tertiary/aromatic N) is 1. The van der Waals surface area contributed by atoms with Crippen molar-refractivity contribution < 1.29 is 9.53 Å². The largest absolute Gasteiger partial charge is 0.422 e. The summed E-state index contributed by atoms with van der Waals surface area (Å²) in [7, 11) is 0. The molecule has 1 fully saturated rings. The Bertz CT molecular complexity index is 754. The SMILES string of the molecule is O=C1OC(=C2CCN(Cc3ccccc3)CC2)c2ccccc21. The molecule has 2 aromatic rings. The minimum absolute atomic E-state index is 0.213. The number of carbonyl (C=O) groups excluding carboxylic acids is 1. The van der Waals surface area contributed by atoms with E-state index in [-0.39, 0.29) is 5.97 Å². The lowest BCUT2D eigenvalue weighted by Gasteiger charge is -2.28. The molecule has 0 atom stereocenters. The van der Waals surface area contributed by atoms with Crippen molar-refractivity contribution in [2.75, 3.05) is 13.1 Å². The molecule has 0 aliphatic carbocycles. The van der Waals surface area contributed by atoms with Crippen LogP contribution in [0.2, 0.25) is 0 Å². The fourth-order valence-electron chi connectivity index (χ4n) is 3.37. The Morgan fingerprint density at radius 1 is 0.870 bits per heavy atom. The first-order valence-electron chi connectivity index (χ1n) is 8.11. The van der Waals surface area contributed by atoms with Gasteiger partial charge in [-0.25, -0.2) is 4.79 Å². The lowest BCUT2D eigenvalue weighted by atomic mass is 9.98. The molecule has 0 bridgehead atoms. The van der Waals surface area contributed by atoms with Gasteiger partial charge in [-0.15, -0.1) is 0 Å². The van der Waals surface area contributed by atoms with Crippen molar-refractivity contribution in [2.24, 2.45) is 0 Å². The van der Waals surface area contributed by atoms with Gasteiger partial charge in [0.25, 0.3) is 0 Å². The number of hydrogen-bond acceptors (Lipinski definition) is 3. The van der Waals surface area contributed by atoms with Crippen molar-refractivity contribution >= 4 is 11.7 Å². The molecule has 2 aliphatic heterocycles. The lowest BCUT2D eigenvalue weighted by molar-refractivity contribution is 0.0712. The number of esters is 1. The average Bonchev–Trinajstić information content (AvgIpc) is 2.94. The summed E-state index contributed by atoms with van der Waals surface area (Å²) < 4.78 is 5.55. The van der Waals surface area contributed by atoms with E-state index in [1.807, 2.05) is 30.3 Å².